The fourth-order valence-corrected chi connectivity index (χ4v) is 2.70. The van der Waals surface area contributed by atoms with Crippen LogP contribution in [0.1, 0.15) is 6.42 Å². The number of rotatable bonds is 4. The first-order valence-corrected chi connectivity index (χ1v) is 6.73. The van der Waals surface area contributed by atoms with Crippen molar-refractivity contribution in [2.75, 3.05) is 25.0 Å². The molecular formula is C15H16FN3O. The van der Waals surface area contributed by atoms with Crippen molar-refractivity contribution in [1.29, 1.82) is 0 Å². The summed E-state index contributed by atoms with van der Waals surface area (Å²) in [6.45, 7) is 2.06. The number of nitrogens with one attached hydrogen (secondary N) is 1. The van der Waals surface area contributed by atoms with Crippen molar-refractivity contribution in [1.82, 2.24) is 9.88 Å². The normalized spacial score (nSPS) is 19.4. The number of likely N-dealkylation sites (tertiary alicyclic amines) is 1. The van der Waals surface area contributed by atoms with Crippen LogP contribution in [0.15, 0.2) is 30.5 Å². The predicted molar refractivity (Wildman–Crippen MR) is 76.2 cm³/mol. The van der Waals surface area contributed by atoms with Crippen LogP contribution in [0.2, 0.25) is 0 Å². The van der Waals surface area contributed by atoms with Gasteiger partial charge in [0.15, 0.2) is 0 Å². The van der Waals surface area contributed by atoms with Gasteiger partial charge < -0.3 is 10.1 Å². The van der Waals surface area contributed by atoms with Crippen molar-refractivity contribution >= 4 is 22.9 Å². The molecule has 0 aliphatic carbocycles. The largest absolute Gasteiger partial charge is 0.378 e. The molecule has 2 heterocycles. The number of benzene rings is 1. The molecule has 1 atom stereocenters. The highest BCUT2D eigenvalue weighted by molar-refractivity contribution is 5.91. The van der Waals surface area contributed by atoms with Gasteiger partial charge >= 0.3 is 0 Å². The molecule has 0 amide bonds. The van der Waals surface area contributed by atoms with Crippen LogP contribution in [0.25, 0.3) is 10.9 Å². The van der Waals surface area contributed by atoms with Crippen molar-refractivity contribution in [3.63, 3.8) is 0 Å². The maximum atomic E-state index is 14.1. The van der Waals surface area contributed by atoms with Crippen molar-refractivity contribution in [2.24, 2.45) is 0 Å². The molecule has 1 aliphatic heterocycles. The van der Waals surface area contributed by atoms with Gasteiger partial charge in [0, 0.05) is 30.7 Å². The first-order valence-electron chi connectivity index (χ1n) is 6.73. The number of nitrogens with zero attached hydrogens (tertiary/aromatic N) is 2. The highest BCUT2D eigenvalue weighted by Crippen LogP contribution is 2.27. The number of aromatic nitrogens is 1. The van der Waals surface area contributed by atoms with E-state index in [-0.39, 0.29) is 11.9 Å². The third-order valence-corrected chi connectivity index (χ3v) is 3.69. The van der Waals surface area contributed by atoms with Crippen molar-refractivity contribution in [2.45, 2.75) is 12.5 Å². The molecule has 1 aromatic heterocycles. The summed E-state index contributed by atoms with van der Waals surface area (Å²) < 4.78 is 14.1. The summed E-state index contributed by atoms with van der Waals surface area (Å²) in [6, 6.07) is 6.96. The lowest BCUT2D eigenvalue weighted by Gasteiger charge is -2.17. The summed E-state index contributed by atoms with van der Waals surface area (Å²) in [7, 11) is 0. The van der Waals surface area contributed by atoms with Gasteiger partial charge in [-0.15, -0.1) is 0 Å². The molecule has 1 fully saturated rings. The van der Waals surface area contributed by atoms with Gasteiger partial charge in [-0.2, -0.15) is 0 Å². The molecule has 1 N–H and O–H groups in total. The van der Waals surface area contributed by atoms with E-state index in [0.29, 0.717) is 12.2 Å². The summed E-state index contributed by atoms with van der Waals surface area (Å²) in [6.07, 6.45) is 3.51. The number of hydrogen-bond acceptors (Lipinski definition) is 4. The Balaban J connectivity index is 1.84. The standard InChI is InChI=1S/C15H16FN3O/c16-13-3-4-14-12(2-1-6-17-14)15(13)18-11-5-7-19(10-11)8-9-20/h1-4,6,9,11,18H,5,7-8,10H2/t11-/m0/s1. The molecule has 0 bridgehead atoms. The molecule has 20 heavy (non-hydrogen) atoms. The van der Waals surface area contributed by atoms with E-state index in [1.54, 1.807) is 18.3 Å². The maximum Gasteiger partial charge on any atom is 0.147 e. The number of aldehydes is 1. The summed E-state index contributed by atoms with van der Waals surface area (Å²) >= 11 is 0. The van der Waals surface area contributed by atoms with Gasteiger partial charge in [0.05, 0.1) is 17.7 Å². The number of fused-ring (bicyclic) bond motifs is 1. The van der Waals surface area contributed by atoms with Gasteiger partial charge in [-0.3, -0.25) is 9.88 Å². The van der Waals surface area contributed by atoms with Crippen LogP contribution in [-0.2, 0) is 4.79 Å². The van der Waals surface area contributed by atoms with E-state index in [1.165, 1.54) is 6.07 Å². The van der Waals surface area contributed by atoms with Crippen LogP contribution in [0.3, 0.4) is 0 Å². The van der Waals surface area contributed by atoms with Crippen molar-refractivity contribution in [3.05, 3.63) is 36.3 Å². The zero-order valence-electron chi connectivity index (χ0n) is 11.1. The lowest BCUT2D eigenvalue weighted by atomic mass is 10.1. The minimum absolute atomic E-state index is 0.162. The number of hydrogen-bond donors (Lipinski definition) is 1. The molecule has 0 spiro atoms. The minimum atomic E-state index is -0.265. The second-order valence-corrected chi connectivity index (χ2v) is 5.05. The molecule has 5 heteroatoms. The molecule has 104 valence electrons. The lowest BCUT2D eigenvalue weighted by molar-refractivity contribution is -0.108. The fourth-order valence-electron chi connectivity index (χ4n) is 2.70. The summed E-state index contributed by atoms with van der Waals surface area (Å²) in [4.78, 5) is 16.8. The molecule has 0 saturated carbocycles. The number of anilines is 1. The van der Waals surface area contributed by atoms with Crippen molar-refractivity contribution < 1.29 is 9.18 Å². The first kappa shape index (κ1) is 13.0. The maximum absolute atomic E-state index is 14.1. The third kappa shape index (κ3) is 2.49. The van der Waals surface area contributed by atoms with Gasteiger partial charge in [-0.05, 0) is 30.7 Å². The number of carbonyl (C=O) groups excluding carboxylic acids is 1. The van der Waals surface area contributed by atoms with E-state index in [0.717, 1.165) is 36.7 Å². The molecule has 4 nitrogen and oxygen atoms in total. The van der Waals surface area contributed by atoms with Crippen LogP contribution in [0.5, 0.6) is 0 Å². The zero-order valence-corrected chi connectivity index (χ0v) is 11.1. The van der Waals surface area contributed by atoms with Gasteiger partial charge in [0.1, 0.15) is 12.1 Å². The van der Waals surface area contributed by atoms with Crippen LogP contribution < -0.4 is 5.32 Å². The molecular weight excluding hydrogens is 257 g/mol. The number of carbonyl (C=O) groups is 1. The van der Waals surface area contributed by atoms with Crippen LogP contribution >= 0.6 is 0 Å². The van der Waals surface area contributed by atoms with E-state index < -0.39 is 0 Å². The van der Waals surface area contributed by atoms with E-state index in [9.17, 15) is 9.18 Å². The zero-order chi connectivity index (χ0) is 13.9. The van der Waals surface area contributed by atoms with Gasteiger partial charge in [-0.1, -0.05) is 0 Å². The summed E-state index contributed by atoms with van der Waals surface area (Å²) in [5.41, 5.74) is 1.28. The third-order valence-electron chi connectivity index (χ3n) is 3.69. The van der Waals surface area contributed by atoms with Crippen LogP contribution in [0.4, 0.5) is 10.1 Å². The lowest BCUT2D eigenvalue weighted by Crippen LogP contribution is -2.27. The summed E-state index contributed by atoms with van der Waals surface area (Å²) in [5.74, 6) is -0.265. The molecule has 1 aromatic carbocycles. The number of halogens is 1. The van der Waals surface area contributed by atoms with Crippen molar-refractivity contribution in [3.8, 4) is 0 Å². The Morgan fingerprint density at radius 3 is 3.20 bits per heavy atom. The van der Waals surface area contributed by atoms with Gasteiger partial charge in [-0.25, -0.2) is 4.39 Å². The van der Waals surface area contributed by atoms with E-state index in [4.69, 9.17) is 0 Å². The highest BCUT2D eigenvalue weighted by atomic mass is 19.1. The van der Waals surface area contributed by atoms with E-state index in [2.05, 4.69) is 15.2 Å². The molecule has 1 aliphatic rings. The smallest absolute Gasteiger partial charge is 0.147 e. The Bertz CT molecular complexity index is 632. The quantitative estimate of drug-likeness (QED) is 0.866. The predicted octanol–water partition coefficient (Wildman–Crippen LogP) is 2.06. The molecule has 0 unspecified atom stereocenters. The van der Waals surface area contributed by atoms with E-state index >= 15 is 0 Å². The summed E-state index contributed by atoms with van der Waals surface area (Å²) in [5, 5.41) is 4.06. The first-order chi connectivity index (χ1) is 9.78. The van der Waals surface area contributed by atoms with E-state index in [1.807, 2.05) is 6.07 Å². The Hall–Kier alpha value is -2.01. The monoisotopic (exact) mass is 273 g/mol. The van der Waals surface area contributed by atoms with Gasteiger partial charge in [0.2, 0.25) is 0 Å². The Morgan fingerprint density at radius 1 is 1.45 bits per heavy atom. The Morgan fingerprint density at radius 2 is 2.35 bits per heavy atom. The van der Waals surface area contributed by atoms with Crippen LogP contribution in [-0.4, -0.2) is 41.8 Å². The molecule has 0 radical (unpaired) electrons. The molecule has 3 rings (SSSR count). The fraction of sp³-hybridized carbons (Fsp3) is 0.333. The number of pyridine rings is 1. The second kappa shape index (κ2) is 5.54. The minimum Gasteiger partial charge on any atom is -0.378 e. The Labute approximate surface area is 116 Å². The molecule has 1 saturated heterocycles. The highest BCUT2D eigenvalue weighted by Gasteiger charge is 2.23. The average Bonchev–Trinajstić information content (AvgIpc) is 2.90. The average molecular weight is 273 g/mol. The second-order valence-electron chi connectivity index (χ2n) is 5.05. The van der Waals surface area contributed by atoms with Gasteiger partial charge in [0.25, 0.3) is 0 Å². The Kier molecular flexibility index (Phi) is 3.60. The topological polar surface area (TPSA) is 45.2 Å². The SMILES string of the molecule is O=CCN1CC[C@H](Nc2c(F)ccc3ncccc23)C1. The molecule has 2 aromatic rings. The van der Waals surface area contributed by atoms with Crippen LogP contribution in [0, 0.1) is 5.82 Å².